The van der Waals surface area contributed by atoms with Gasteiger partial charge in [0, 0.05) is 0 Å². The van der Waals surface area contributed by atoms with Gasteiger partial charge in [0.2, 0.25) is 0 Å². The molecule has 0 aliphatic rings. The number of hydrogen-bond donors (Lipinski definition) is 1. The zero-order valence-corrected chi connectivity index (χ0v) is 10.4. The Kier molecular flexibility index (Phi) is 3.21. The summed E-state index contributed by atoms with van der Waals surface area (Å²) in [6.07, 6.45) is 0. The highest BCUT2D eigenvalue weighted by Gasteiger charge is 2.17. The van der Waals surface area contributed by atoms with E-state index in [2.05, 4.69) is 0 Å². The van der Waals surface area contributed by atoms with Gasteiger partial charge < -0.3 is 9.68 Å². The number of rotatable bonds is 3. The van der Waals surface area contributed by atoms with Crippen molar-refractivity contribution in [3.05, 3.63) is 72.8 Å². The molecule has 0 unspecified atom stereocenters. The van der Waals surface area contributed by atoms with Crippen molar-refractivity contribution in [3.8, 4) is 5.75 Å². The van der Waals surface area contributed by atoms with Gasteiger partial charge in [0.1, 0.15) is 5.75 Å². The quantitative estimate of drug-likeness (QED) is 0.722. The fourth-order valence-electron chi connectivity index (χ4n) is 2.06. The molecule has 1 N–H and O–H groups in total. The minimum atomic E-state index is -0.942. The maximum Gasteiger partial charge on any atom is 0.560 e. The van der Waals surface area contributed by atoms with Crippen LogP contribution in [0.3, 0.4) is 0 Å². The summed E-state index contributed by atoms with van der Waals surface area (Å²) in [5.74, 6) is 0.662. The van der Waals surface area contributed by atoms with E-state index in [1.165, 1.54) is 0 Å². The predicted octanol–water partition coefficient (Wildman–Crippen LogP) is 2.61. The van der Waals surface area contributed by atoms with Crippen molar-refractivity contribution in [2.45, 2.75) is 0 Å². The average molecular weight is 248 g/mol. The van der Waals surface area contributed by atoms with Crippen LogP contribution in [0.4, 0.5) is 0 Å². The fourth-order valence-corrected chi connectivity index (χ4v) is 2.06. The van der Waals surface area contributed by atoms with Gasteiger partial charge in [0.05, 0.1) is 0 Å². The third-order valence-electron chi connectivity index (χ3n) is 3.05. The van der Waals surface area contributed by atoms with Crippen LogP contribution in [-0.2, 0) is 0 Å². The summed E-state index contributed by atoms with van der Waals surface area (Å²) in [5, 5.41) is 12.3. The molecule has 0 saturated heterocycles. The van der Waals surface area contributed by atoms with Crippen molar-refractivity contribution in [1.82, 2.24) is 0 Å². The maximum absolute atomic E-state index is 10.0. The second kappa shape index (κ2) is 5.16. The molecule has 3 aromatic rings. The Labute approximate surface area is 112 Å². The molecule has 0 amide bonds. The second-order valence-corrected chi connectivity index (χ2v) is 4.39. The van der Waals surface area contributed by atoms with E-state index in [0.717, 1.165) is 16.2 Å². The van der Waals surface area contributed by atoms with Crippen LogP contribution in [0.5, 0.6) is 5.75 Å². The van der Waals surface area contributed by atoms with E-state index in [4.69, 9.17) is 4.65 Å². The number of hydrogen-bond acceptors (Lipinski definition) is 2. The van der Waals surface area contributed by atoms with Gasteiger partial charge in [-0.2, -0.15) is 0 Å². The summed E-state index contributed by atoms with van der Waals surface area (Å²) in [6.45, 7) is 0. The van der Waals surface area contributed by atoms with Gasteiger partial charge in [-0.25, -0.2) is 0 Å². The van der Waals surface area contributed by atoms with Gasteiger partial charge in [0.15, 0.2) is 0 Å². The topological polar surface area (TPSA) is 29.5 Å². The largest absolute Gasteiger partial charge is 0.560 e. The SMILES string of the molecule is OB(Oc1ccc2ccccc2c1)c1ccccc1. The van der Waals surface area contributed by atoms with Gasteiger partial charge in [-0.3, -0.25) is 0 Å². The van der Waals surface area contributed by atoms with Crippen LogP contribution in [0.25, 0.3) is 10.8 Å². The van der Waals surface area contributed by atoms with Crippen molar-refractivity contribution < 1.29 is 9.68 Å². The summed E-state index contributed by atoms with van der Waals surface area (Å²) in [5.41, 5.74) is 0.746. The molecule has 2 nitrogen and oxygen atoms in total. The van der Waals surface area contributed by atoms with Crippen molar-refractivity contribution in [3.63, 3.8) is 0 Å². The second-order valence-electron chi connectivity index (χ2n) is 4.39. The Hall–Kier alpha value is -2.26. The summed E-state index contributed by atoms with van der Waals surface area (Å²) in [7, 11) is -0.942. The molecule has 92 valence electrons. The normalized spacial score (nSPS) is 10.4. The highest BCUT2D eigenvalue weighted by atomic mass is 16.5. The first-order chi connectivity index (χ1) is 9.33. The minimum absolute atomic E-state index is 0.662. The van der Waals surface area contributed by atoms with E-state index in [1.54, 1.807) is 0 Å². The van der Waals surface area contributed by atoms with Crippen LogP contribution < -0.4 is 10.1 Å². The molecule has 0 aliphatic heterocycles. The van der Waals surface area contributed by atoms with E-state index in [-0.39, 0.29) is 0 Å². The van der Waals surface area contributed by atoms with Crippen molar-refractivity contribution in [2.24, 2.45) is 0 Å². The monoisotopic (exact) mass is 248 g/mol. The Bertz CT molecular complexity index is 682. The lowest BCUT2D eigenvalue weighted by molar-refractivity contribution is 0.433. The van der Waals surface area contributed by atoms with Gasteiger partial charge in [-0.1, -0.05) is 60.7 Å². The Morgan fingerprint density at radius 3 is 2.21 bits per heavy atom. The molecule has 0 aliphatic carbocycles. The first-order valence-corrected chi connectivity index (χ1v) is 6.21. The molecular weight excluding hydrogens is 235 g/mol. The molecule has 0 spiro atoms. The van der Waals surface area contributed by atoms with Crippen molar-refractivity contribution >= 4 is 23.4 Å². The van der Waals surface area contributed by atoms with E-state index in [1.807, 2.05) is 72.8 Å². The molecule has 0 radical (unpaired) electrons. The highest BCUT2D eigenvalue weighted by Crippen LogP contribution is 2.20. The van der Waals surface area contributed by atoms with Crippen LogP contribution in [-0.4, -0.2) is 12.1 Å². The molecule has 3 heteroatoms. The minimum Gasteiger partial charge on any atom is -0.532 e. The van der Waals surface area contributed by atoms with Crippen LogP contribution in [0.15, 0.2) is 72.8 Å². The smallest absolute Gasteiger partial charge is 0.532 e. The first-order valence-electron chi connectivity index (χ1n) is 6.21. The molecule has 0 aromatic heterocycles. The summed E-state index contributed by atoms with van der Waals surface area (Å²) in [6, 6.07) is 23.2. The molecule has 0 heterocycles. The van der Waals surface area contributed by atoms with Gasteiger partial charge in [-0.15, -0.1) is 0 Å². The van der Waals surface area contributed by atoms with Gasteiger partial charge in [0.25, 0.3) is 0 Å². The van der Waals surface area contributed by atoms with E-state index in [9.17, 15) is 5.02 Å². The predicted molar refractivity (Wildman–Crippen MR) is 78.6 cm³/mol. The van der Waals surface area contributed by atoms with Crippen LogP contribution in [0.1, 0.15) is 0 Å². The zero-order chi connectivity index (χ0) is 13.1. The third-order valence-corrected chi connectivity index (χ3v) is 3.05. The standard InChI is InChI=1S/C16H13BO2/c18-17(15-8-2-1-3-9-15)19-16-11-10-13-6-4-5-7-14(13)12-16/h1-12,18H. The van der Waals surface area contributed by atoms with Crippen LogP contribution in [0, 0.1) is 0 Å². The number of fused-ring (bicyclic) bond motifs is 1. The molecule has 3 aromatic carbocycles. The lowest BCUT2D eigenvalue weighted by Crippen LogP contribution is -2.36. The Balaban J connectivity index is 1.85. The lowest BCUT2D eigenvalue weighted by Gasteiger charge is -2.10. The summed E-state index contributed by atoms with van der Waals surface area (Å²) < 4.78 is 5.56. The van der Waals surface area contributed by atoms with Crippen molar-refractivity contribution in [2.75, 3.05) is 0 Å². The van der Waals surface area contributed by atoms with E-state index >= 15 is 0 Å². The molecule has 0 bridgehead atoms. The molecular formula is C16H13BO2. The Morgan fingerprint density at radius 2 is 1.42 bits per heavy atom. The molecule has 0 saturated carbocycles. The third kappa shape index (κ3) is 2.61. The summed E-state index contributed by atoms with van der Waals surface area (Å²) >= 11 is 0. The number of benzene rings is 3. The first kappa shape index (κ1) is 11.8. The average Bonchev–Trinajstić information content (AvgIpc) is 2.48. The van der Waals surface area contributed by atoms with Gasteiger partial charge >= 0.3 is 7.12 Å². The lowest BCUT2D eigenvalue weighted by atomic mass is 9.79. The van der Waals surface area contributed by atoms with Crippen LogP contribution >= 0.6 is 0 Å². The zero-order valence-electron chi connectivity index (χ0n) is 10.4. The fraction of sp³-hybridized carbons (Fsp3) is 0. The maximum atomic E-state index is 10.0. The van der Waals surface area contributed by atoms with Crippen molar-refractivity contribution in [1.29, 1.82) is 0 Å². The molecule has 0 fully saturated rings. The molecule has 0 atom stereocenters. The van der Waals surface area contributed by atoms with E-state index < -0.39 is 7.12 Å². The Morgan fingerprint density at radius 1 is 0.737 bits per heavy atom. The highest BCUT2D eigenvalue weighted by molar-refractivity contribution is 6.60. The molecule has 3 rings (SSSR count). The summed E-state index contributed by atoms with van der Waals surface area (Å²) in [4.78, 5) is 0. The molecule has 19 heavy (non-hydrogen) atoms. The van der Waals surface area contributed by atoms with Gasteiger partial charge in [-0.05, 0) is 28.4 Å². The van der Waals surface area contributed by atoms with E-state index in [0.29, 0.717) is 5.75 Å². The van der Waals surface area contributed by atoms with Crippen LogP contribution in [0.2, 0.25) is 0 Å².